The van der Waals surface area contributed by atoms with Gasteiger partial charge < -0.3 is 10.2 Å². The first-order chi connectivity index (χ1) is 8.45. The lowest BCUT2D eigenvalue weighted by molar-refractivity contribution is -0.756. The van der Waals surface area contributed by atoms with Crippen molar-refractivity contribution >= 4 is 15.5 Å². The molecule has 0 amide bonds. The highest BCUT2D eigenvalue weighted by Crippen LogP contribution is 2.16. The van der Waals surface area contributed by atoms with Crippen molar-refractivity contribution in [1.29, 1.82) is 0 Å². The number of hydrogen-bond acceptors (Lipinski definition) is 6. The molecular formula is C10H14N2O5S. The van der Waals surface area contributed by atoms with Gasteiger partial charge in [-0.2, -0.15) is 0 Å². The van der Waals surface area contributed by atoms with Crippen LogP contribution in [0.1, 0.15) is 6.92 Å². The number of nitrogens with one attached hydrogen (secondary N) is 1. The van der Waals surface area contributed by atoms with E-state index in [4.69, 9.17) is 0 Å². The van der Waals surface area contributed by atoms with Crippen LogP contribution in [0.3, 0.4) is 0 Å². The van der Waals surface area contributed by atoms with Crippen molar-refractivity contribution in [2.45, 2.75) is 11.8 Å². The Kier molecular flexibility index (Phi) is 4.90. The Bertz CT molecular complexity index is 515. The van der Waals surface area contributed by atoms with E-state index in [9.17, 15) is 18.5 Å². The number of nitrogens with zero attached hydrogens (tertiary/aromatic N) is 1. The molecule has 7 nitrogen and oxygen atoms in total. The summed E-state index contributed by atoms with van der Waals surface area (Å²) < 4.78 is 23.7. The normalized spacial score (nSPS) is 10.9. The number of sulfone groups is 1. The fourth-order valence-electron chi connectivity index (χ4n) is 1.34. The molecule has 1 aromatic rings. The van der Waals surface area contributed by atoms with Gasteiger partial charge in [0.1, 0.15) is 6.61 Å². The molecule has 0 fully saturated rings. The third-order valence-corrected chi connectivity index (χ3v) is 3.80. The second kappa shape index (κ2) is 6.20. The van der Waals surface area contributed by atoms with Gasteiger partial charge in [0.15, 0.2) is 9.84 Å². The molecule has 0 atom stereocenters. The van der Waals surface area contributed by atoms with E-state index in [0.29, 0.717) is 12.2 Å². The standard InChI is InChI=1S/C10H14N2O5S/c1-2-11-9-4-3-5-10(8-9)18(15,16)7-6-17-12(13)14/h3-5,8,11H,2,6-7H2,1H3. The zero-order valence-corrected chi connectivity index (χ0v) is 10.6. The van der Waals surface area contributed by atoms with Crippen molar-refractivity contribution < 1.29 is 18.3 Å². The highest BCUT2D eigenvalue weighted by atomic mass is 32.2. The molecule has 0 aromatic heterocycles. The molecule has 0 saturated heterocycles. The molecule has 0 aliphatic heterocycles. The van der Waals surface area contributed by atoms with Gasteiger partial charge in [0.25, 0.3) is 5.09 Å². The Morgan fingerprint density at radius 3 is 2.78 bits per heavy atom. The van der Waals surface area contributed by atoms with Crippen LogP contribution in [0.25, 0.3) is 0 Å². The first kappa shape index (κ1) is 14.2. The molecule has 0 bridgehead atoms. The summed E-state index contributed by atoms with van der Waals surface area (Å²) in [5.41, 5.74) is 0.689. The molecule has 18 heavy (non-hydrogen) atoms. The summed E-state index contributed by atoms with van der Waals surface area (Å²) >= 11 is 0. The Hall–Kier alpha value is -1.83. The maximum absolute atomic E-state index is 11.8. The quantitative estimate of drug-likeness (QED) is 0.590. The molecule has 0 radical (unpaired) electrons. The van der Waals surface area contributed by atoms with Crippen LogP contribution in [-0.2, 0) is 14.7 Å². The van der Waals surface area contributed by atoms with Crippen LogP contribution in [0.5, 0.6) is 0 Å². The Morgan fingerprint density at radius 2 is 2.17 bits per heavy atom. The van der Waals surface area contributed by atoms with E-state index in [-0.39, 0.29) is 4.90 Å². The monoisotopic (exact) mass is 274 g/mol. The molecule has 0 heterocycles. The summed E-state index contributed by atoms with van der Waals surface area (Å²) in [6.07, 6.45) is 0. The van der Waals surface area contributed by atoms with E-state index in [0.717, 1.165) is 0 Å². The summed E-state index contributed by atoms with van der Waals surface area (Å²) in [4.78, 5) is 14.1. The smallest absolute Gasteiger partial charge is 0.294 e. The molecule has 1 N–H and O–H groups in total. The minimum atomic E-state index is -3.57. The van der Waals surface area contributed by atoms with Crippen LogP contribution in [0.2, 0.25) is 0 Å². The largest absolute Gasteiger partial charge is 0.385 e. The first-order valence-electron chi connectivity index (χ1n) is 5.29. The third-order valence-electron chi connectivity index (χ3n) is 2.12. The zero-order valence-electron chi connectivity index (χ0n) is 9.83. The maximum atomic E-state index is 11.8. The average Bonchev–Trinajstić information content (AvgIpc) is 2.29. The molecule has 0 saturated carbocycles. The van der Waals surface area contributed by atoms with Gasteiger partial charge >= 0.3 is 0 Å². The highest BCUT2D eigenvalue weighted by Gasteiger charge is 2.15. The predicted octanol–water partition coefficient (Wildman–Crippen LogP) is 1.10. The second-order valence-electron chi connectivity index (χ2n) is 3.43. The van der Waals surface area contributed by atoms with Crippen LogP contribution in [-0.4, -0.2) is 32.4 Å². The Balaban J connectivity index is 2.77. The summed E-state index contributed by atoms with van der Waals surface area (Å²) in [7, 11) is -3.57. The zero-order chi connectivity index (χ0) is 13.6. The highest BCUT2D eigenvalue weighted by molar-refractivity contribution is 7.91. The predicted molar refractivity (Wildman–Crippen MR) is 65.6 cm³/mol. The van der Waals surface area contributed by atoms with E-state index in [1.807, 2.05) is 6.92 Å². The van der Waals surface area contributed by atoms with Crippen molar-refractivity contribution in [3.8, 4) is 0 Å². The van der Waals surface area contributed by atoms with Gasteiger partial charge in [-0.1, -0.05) is 6.07 Å². The van der Waals surface area contributed by atoms with Crippen molar-refractivity contribution in [3.63, 3.8) is 0 Å². The lowest BCUT2D eigenvalue weighted by atomic mass is 10.3. The average molecular weight is 274 g/mol. The minimum absolute atomic E-state index is 0.118. The van der Waals surface area contributed by atoms with Crippen LogP contribution < -0.4 is 5.32 Å². The van der Waals surface area contributed by atoms with Crippen molar-refractivity contribution in [2.24, 2.45) is 0 Å². The van der Waals surface area contributed by atoms with Gasteiger partial charge in [-0.25, -0.2) is 8.42 Å². The molecule has 1 aromatic carbocycles. The van der Waals surface area contributed by atoms with Gasteiger partial charge in [0.2, 0.25) is 0 Å². The summed E-state index contributed by atoms with van der Waals surface area (Å²) in [6, 6.07) is 6.29. The molecule has 8 heteroatoms. The fourth-order valence-corrected chi connectivity index (χ4v) is 2.47. The third kappa shape index (κ3) is 4.21. The van der Waals surface area contributed by atoms with Crippen molar-refractivity contribution in [3.05, 3.63) is 34.4 Å². The van der Waals surface area contributed by atoms with Gasteiger partial charge in [-0.3, -0.25) is 0 Å². The van der Waals surface area contributed by atoms with E-state index >= 15 is 0 Å². The van der Waals surface area contributed by atoms with E-state index in [1.165, 1.54) is 12.1 Å². The van der Waals surface area contributed by atoms with Gasteiger partial charge in [0, 0.05) is 12.2 Å². The molecule has 0 aliphatic rings. The van der Waals surface area contributed by atoms with Crippen LogP contribution in [0.4, 0.5) is 5.69 Å². The summed E-state index contributed by atoms with van der Waals surface area (Å²) in [6.45, 7) is 2.10. The maximum Gasteiger partial charge on any atom is 0.294 e. The van der Waals surface area contributed by atoms with Gasteiger partial charge in [0.05, 0.1) is 10.6 Å². The van der Waals surface area contributed by atoms with E-state index in [2.05, 4.69) is 10.2 Å². The summed E-state index contributed by atoms with van der Waals surface area (Å²) in [5, 5.41) is 11.9. The second-order valence-corrected chi connectivity index (χ2v) is 5.54. The summed E-state index contributed by atoms with van der Waals surface area (Å²) in [5.74, 6) is -0.427. The van der Waals surface area contributed by atoms with Crippen LogP contribution >= 0.6 is 0 Å². The minimum Gasteiger partial charge on any atom is -0.385 e. The number of hydrogen-bond donors (Lipinski definition) is 1. The van der Waals surface area contributed by atoms with Gasteiger partial charge in [-0.15, -0.1) is 10.1 Å². The number of rotatable bonds is 7. The Labute approximate surface area is 105 Å². The van der Waals surface area contributed by atoms with Crippen molar-refractivity contribution in [1.82, 2.24) is 0 Å². The first-order valence-corrected chi connectivity index (χ1v) is 6.95. The lowest BCUT2D eigenvalue weighted by Gasteiger charge is -2.07. The molecular weight excluding hydrogens is 260 g/mol. The molecule has 100 valence electrons. The fraction of sp³-hybridized carbons (Fsp3) is 0.400. The molecule has 0 spiro atoms. The Morgan fingerprint density at radius 1 is 1.44 bits per heavy atom. The lowest BCUT2D eigenvalue weighted by Crippen LogP contribution is -2.15. The van der Waals surface area contributed by atoms with E-state index < -0.39 is 27.3 Å². The van der Waals surface area contributed by atoms with Gasteiger partial charge in [-0.05, 0) is 25.1 Å². The molecule has 1 rings (SSSR count). The van der Waals surface area contributed by atoms with E-state index in [1.54, 1.807) is 12.1 Å². The number of benzene rings is 1. The number of anilines is 1. The van der Waals surface area contributed by atoms with Crippen LogP contribution in [0, 0.1) is 10.1 Å². The topological polar surface area (TPSA) is 98.5 Å². The molecule has 0 unspecified atom stereocenters. The van der Waals surface area contributed by atoms with Crippen LogP contribution in [0.15, 0.2) is 29.2 Å². The SMILES string of the molecule is CCNc1cccc(S(=O)(=O)CCO[N+](=O)[O-])c1. The molecule has 0 aliphatic carbocycles. The van der Waals surface area contributed by atoms with Crippen molar-refractivity contribution in [2.75, 3.05) is 24.2 Å².